The van der Waals surface area contributed by atoms with E-state index in [1.165, 1.54) is 51.4 Å². The predicted molar refractivity (Wildman–Crippen MR) is 62.7 cm³/mol. The average molecular weight is 208 g/mol. The smallest absolute Gasteiger partial charge is 0.0212 e. The standard InChI is InChI=1S/C13H24N2/c1-2-13(6-3-7-13)15-11-4-5-12(15)9-10(14)8-11/h10-12H,2-9,14H2,1H3. The number of hydrogen-bond acceptors (Lipinski definition) is 2. The van der Waals surface area contributed by atoms with Crippen LogP contribution >= 0.6 is 0 Å². The largest absolute Gasteiger partial charge is 0.328 e. The second-order valence-electron chi connectivity index (χ2n) is 5.96. The molecule has 2 saturated heterocycles. The third-order valence-corrected chi connectivity index (χ3v) is 5.26. The minimum atomic E-state index is 0.493. The van der Waals surface area contributed by atoms with E-state index in [0.29, 0.717) is 11.6 Å². The highest BCUT2D eigenvalue weighted by Crippen LogP contribution is 2.49. The summed E-state index contributed by atoms with van der Waals surface area (Å²) in [5, 5.41) is 0. The number of nitrogens with zero attached hydrogens (tertiary/aromatic N) is 1. The maximum Gasteiger partial charge on any atom is 0.0212 e. The third kappa shape index (κ3) is 1.38. The van der Waals surface area contributed by atoms with Gasteiger partial charge < -0.3 is 5.73 Å². The zero-order valence-electron chi connectivity index (χ0n) is 9.91. The lowest BCUT2D eigenvalue weighted by Crippen LogP contribution is -2.61. The van der Waals surface area contributed by atoms with Crippen LogP contribution in [0.5, 0.6) is 0 Å². The first-order valence-corrected chi connectivity index (χ1v) is 6.79. The maximum absolute atomic E-state index is 6.14. The van der Waals surface area contributed by atoms with Crippen LogP contribution in [-0.4, -0.2) is 28.6 Å². The Morgan fingerprint density at radius 1 is 1.20 bits per heavy atom. The van der Waals surface area contributed by atoms with Crippen LogP contribution in [0.4, 0.5) is 0 Å². The molecule has 3 rings (SSSR count). The summed E-state index contributed by atoms with van der Waals surface area (Å²) in [6, 6.07) is 2.16. The van der Waals surface area contributed by atoms with E-state index in [0.717, 1.165) is 12.1 Å². The second-order valence-corrected chi connectivity index (χ2v) is 5.96. The summed E-state index contributed by atoms with van der Waals surface area (Å²) >= 11 is 0. The summed E-state index contributed by atoms with van der Waals surface area (Å²) in [7, 11) is 0. The quantitative estimate of drug-likeness (QED) is 0.754. The summed E-state index contributed by atoms with van der Waals surface area (Å²) in [4.78, 5) is 2.90. The van der Waals surface area contributed by atoms with Gasteiger partial charge in [0.2, 0.25) is 0 Å². The molecule has 15 heavy (non-hydrogen) atoms. The summed E-state index contributed by atoms with van der Waals surface area (Å²) in [6.07, 6.45) is 11.1. The number of hydrogen-bond donors (Lipinski definition) is 1. The molecule has 0 aromatic heterocycles. The number of nitrogens with two attached hydrogens (primary N) is 1. The van der Waals surface area contributed by atoms with Crippen molar-refractivity contribution in [2.75, 3.05) is 0 Å². The molecule has 3 aliphatic rings. The molecule has 3 fully saturated rings. The van der Waals surface area contributed by atoms with Crippen molar-refractivity contribution >= 4 is 0 Å². The Labute approximate surface area is 93.2 Å². The molecule has 2 heterocycles. The van der Waals surface area contributed by atoms with Gasteiger partial charge in [-0.1, -0.05) is 6.92 Å². The van der Waals surface area contributed by atoms with Gasteiger partial charge in [-0.05, 0) is 51.4 Å². The Morgan fingerprint density at radius 2 is 1.80 bits per heavy atom. The first-order valence-electron chi connectivity index (χ1n) is 6.79. The van der Waals surface area contributed by atoms with Crippen LogP contribution in [0.3, 0.4) is 0 Å². The van der Waals surface area contributed by atoms with Crippen molar-refractivity contribution in [3.8, 4) is 0 Å². The van der Waals surface area contributed by atoms with E-state index in [4.69, 9.17) is 5.73 Å². The molecule has 0 spiro atoms. The highest BCUT2D eigenvalue weighted by Gasteiger charge is 2.51. The Balaban J connectivity index is 1.82. The number of piperidine rings is 1. The molecule has 2 unspecified atom stereocenters. The van der Waals surface area contributed by atoms with Gasteiger partial charge in [0.25, 0.3) is 0 Å². The zero-order chi connectivity index (χ0) is 10.5. The molecule has 0 aromatic carbocycles. The molecular weight excluding hydrogens is 184 g/mol. The fraction of sp³-hybridized carbons (Fsp3) is 1.00. The summed E-state index contributed by atoms with van der Waals surface area (Å²) in [6.45, 7) is 2.38. The molecule has 0 amide bonds. The molecule has 0 radical (unpaired) electrons. The molecular formula is C13H24N2. The minimum Gasteiger partial charge on any atom is -0.328 e. The van der Waals surface area contributed by atoms with Crippen LogP contribution in [0.2, 0.25) is 0 Å². The van der Waals surface area contributed by atoms with Crippen molar-refractivity contribution in [3.63, 3.8) is 0 Å². The molecule has 1 saturated carbocycles. The topological polar surface area (TPSA) is 29.3 Å². The number of rotatable bonds is 2. The zero-order valence-corrected chi connectivity index (χ0v) is 9.91. The van der Waals surface area contributed by atoms with Crippen LogP contribution in [0.15, 0.2) is 0 Å². The van der Waals surface area contributed by atoms with E-state index in [9.17, 15) is 0 Å². The van der Waals surface area contributed by atoms with E-state index in [1.807, 2.05) is 0 Å². The molecule has 1 aliphatic carbocycles. The first-order chi connectivity index (χ1) is 7.25. The van der Waals surface area contributed by atoms with Gasteiger partial charge in [0.05, 0.1) is 0 Å². The molecule has 0 aromatic rings. The van der Waals surface area contributed by atoms with E-state index in [2.05, 4.69) is 11.8 Å². The SMILES string of the molecule is CCC1(N2C3CCC2CC(N)C3)CCC1. The van der Waals surface area contributed by atoms with Crippen molar-refractivity contribution < 1.29 is 0 Å². The van der Waals surface area contributed by atoms with Crippen LogP contribution in [0.1, 0.15) is 58.3 Å². The van der Waals surface area contributed by atoms with Crippen molar-refractivity contribution in [1.82, 2.24) is 4.90 Å². The summed E-state index contributed by atoms with van der Waals surface area (Å²) in [5.41, 5.74) is 6.74. The fourth-order valence-electron chi connectivity index (χ4n) is 4.37. The Bertz CT molecular complexity index is 227. The van der Waals surface area contributed by atoms with Gasteiger partial charge in [-0.2, -0.15) is 0 Å². The van der Waals surface area contributed by atoms with Crippen LogP contribution < -0.4 is 5.73 Å². The van der Waals surface area contributed by atoms with Gasteiger partial charge in [0, 0.05) is 23.7 Å². The van der Waals surface area contributed by atoms with Gasteiger partial charge in [0.1, 0.15) is 0 Å². The Morgan fingerprint density at radius 3 is 2.20 bits per heavy atom. The van der Waals surface area contributed by atoms with Crippen molar-refractivity contribution in [3.05, 3.63) is 0 Å². The molecule has 2 atom stereocenters. The van der Waals surface area contributed by atoms with Gasteiger partial charge >= 0.3 is 0 Å². The minimum absolute atomic E-state index is 0.493. The van der Waals surface area contributed by atoms with E-state index >= 15 is 0 Å². The van der Waals surface area contributed by atoms with Crippen LogP contribution in [0.25, 0.3) is 0 Å². The molecule has 2 nitrogen and oxygen atoms in total. The van der Waals surface area contributed by atoms with E-state index in [1.54, 1.807) is 0 Å². The van der Waals surface area contributed by atoms with E-state index < -0.39 is 0 Å². The monoisotopic (exact) mass is 208 g/mol. The summed E-state index contributed by atoms with van der Waals surface area (Å²) < 4.78 is 0. The highest BCUT2D eigenvalue weighted by molar-refractivity contribution is 5.08. The van der Waals surface area contributed by atoms with Gasteiger partial charge in [0.15, 0.2) is 0 Å². The van der Waals surface area contributed by atoms with E-state index in [-0.39, 0.29) is 0 Å². The van der Waals surface area contributed by atoms with Gasteiger partial charge in [-0.15, -0.1) is 0 Å². The van der Waals surface area contributed by atoms with Gasteiger partial charge in [-0.25, -0.2) is 0 Å². The van der Waals surface area contributed by atoms with Crippen LogP contribution in [-0.2, 0) is 0 Å². The Kier molecular flexibility index (Phi) is 2.33. The normalized spacial score (nSPS) is 44.0. The van der Waals surface area contributed by atoms with Crippen molar-refractivity contribution in [2.24, 2.45) is 5.73 Å². The van der Waals surface area contributed by atoms with Crippen molar-refractivity contribution in [2.45, 2.75) is 82.0 Å². The molecule has 86 valence electrons. The molecule has 2 aliphatic heterocycles. The average Bonchev–Trinajstić information content (AvgIpc) is 2.43. The highest BCUT2D eigenvalue weighted by atomic mass is 15.3. The Hall–Kier alpha value is -0.0800. The third-order valence-electron chi connectivity index (χ3n) is 5.26. The maximum atomic E-state index is 6.14. The lowest BCUT2D eigenvalue weighted by atomic mass is 9.71. The lowest BCUT2D eigenvalue weighted by molar-refractivity contribution is -0.0481. The molecule has 2 bridgehead atoms. The van der Waals surface area contributed by atoms with Gasteiger partial charge in [-0.3, -0.25) is 4.90 Å². The lowest BCUT2D eigenvalue weighted by Gasteiger charge is -2.56. The van der Waals surface area contributed by atoms with Crippen LogP contribution in [0, 0.1) is 0 Å². The number of fused-ring (bicyclic) bond motifs is 2. The van der Waals surface area contributed by atoms with Crippen molar-refractivity contribution in [1.29, 1.82) is 0 Å². The second kappa shape index (κ2) is 3.46. The first kappa shape index (κ1) is 10.1. The summed E-state index contributed by atoms with van der Waals surface area (Å²) in [5.74, 6) is 0. The molecule has 2 heteroatoms. The fourth-order valence-corrected chi connectivity index (χ4v) is 4.37. The molecule has 2 N–H and O–H groups in total. The predicted octanol–water partition coefficient (Wildman–Crippen LogP) is 2.27.